The molecular formula is C15H19Cl2FN2O. The quantitative estimate of drug-likeness (QED) is 0.903. The van der Waals surface area contributed by atoms with Gasteiger partial charge in [0.15, 0.2) is 0 Å². The highest BCUT2D eigenvalue weighted by Gasteiger charge is 2.48. The van der Waals surface area contributed by atoms with Crippen molar-refractivity contribution in [2.45, 2.75) is 25.3 Å². The van der Waals surface area contributed by atoms with Crippen LogP contribution >= 0.6 is 24.0 Å². The average Bonchev–Trinajstić information content (AvgIpc) is 3.18. The van der Waals surface area contributed by atoms with E-state index in [0.29, 0.717) is 17.0 Å². The van der Waals surface area contributed by atoms with Gasteiger partial charge in [0, 0.05) is 48.1 Å². The number of benzene rings is 1. The second-order valence-corrected chi connectivity index (χ2v) is 6.08. The topological polar surface area (TPSA) is 32.3 Å². The molecule has 1 aromatic rings. The summed E-state index contributed by atoms with van der Waals surface area (Å²) in [6, 6.07) is 4.90. The lowest BCUT2D eigenvalue weighted by molar-refractivity contribution is -0.135. The Kier molecular flexibility index (Phi) is 5.12. The van der Waals surface area contributed by atoms with Crippen molar-refractivity contribution < 1.29 is 9.18 Å². The number of piperazine rings is 1. The standard InChI is InChI=1S/C15H18ClFN2O.ClH/c1-9-8-18-5-6-19(9)15(20)11-7-10(11)14-12(16)3-2-4-13(14)17;/h2-4,9-11,18H,5-8H2,1H3;1H/t9-,10?,11?;/m0./s1. The molecule has 1 saturated carbocycles. The second-order valence-electron chi connectivity index (χ2n) is 5.67. The molecule has 1 aliphatic carbocycles. The summed E-state index contributed by atoms with van der Waals surface area (Å²) < 4.78 is 13.9. The highest BCUT2D eigenvalue weighted by Crippen LogP contribution is 2.51. The predicted octanol–water partition coefficient (Wildman–Crippen LogP) is 2.82. The van der Waals surface area contributed by atoms with Gasteiger partial charge < -0.3 is 10.2 Å². The van der Waals surface area contributed by atoms with Crippen molar-refractivity contribution in [3.8, 4) is 0 Å². The van der Waals surface area contributed by atoms with Gasteiger partial charge >= 0.3 is 0 Å². The predicted molar refractivity (Wildman–Crippen MR) is 83.6 cm³/mol. The van der Waals surface area contributed by atoms with Crippen LogP contribution < -0.4 is 5.32 Å². The maximum absolute atomic E-state index is 13.9. The number of halogens is 3. The Morgan fingerprint density at radius 1 is 1.48 bits per heavy atom. The summed E-state index contributed by atoms with van der Waals surface area (Å²) in [5.41, 5.74) is 0.510. The number of nitrogens with one attached hydrogen (secondary N) is 1. The van der Waals surface area contributed by atoms with E-state index in [1.54, 1.807) is 12.1 Å². The maximum Gasteiger partial charge on any atom is 0.226 e. The van der Waals surface area contributed by atoms with E-state index in [9.17, 15) is 9.18 Å². The molecule has 2 aliphatic rings. The molecule has 6 heteroatoms. The minimum absolute atomic E-state index is 0. The van der Waals surface area contributed by atoms with E-state index in [1.165, 1.54) is 6.07 Å². The lowest BCUT2D eigenvalue weighted by Crippen LogP contribution is -2.52. The van der Waals surface area contributed by atoms with Crippen molar-refractivity contribution in [2.24, 2.45) is 5.92 Å². The second kappa shape index (κ2) is 6.51. The Bertz CT molecular complexity index is 520. The van der Waals surface area contributed by atoms with Crippen LogP contribution in [0.3, 0.4) is 0 Å². The van der Waals surface area contributed by atoms with Crippen LogP contribution in [0.1, 0.15) is 24.8 Å². The van der Waals surface area contributed by atoms with Crippen molar-refractivity contribution in [1.82, 2.24) is 10.2 Å². The highest BCUT2D eigenvalue weighted by molar-refractivity contribution is 6.31. The molecule has 2 unspecified atom stereocenters. The zero-order valence-electron chi connectivity index (χ0n) is 11.8. The van der Waals surface area contributed by atoms with Crippen LogP contribution in [0.25, 0.3) is 0 Å². The molecule has 0 aromatic heterocycles. The van der Waals surface area contributed by atoms with Crippen molar-refractivity contribution >= 4 is 29.9 Å². The summed E-state index contributed by atoms with van der Waals surface area (Å²) in [5.74, 6) is -0.322. The van der Waals surface area contributed by atoms with E-state index >= 15 is 0 Å². The Hall–Kier alpha value is -0.840. The summed E-state index contributed by atoms with van der Waals surface area (Å²) in [6.07, 6.45) is 0.704. The third-order valence-electron chi connectivity index (χ3n) is 4.26. The smallest absolute Gasteiger partial charge is 0.226 e. The van der Waals surface area contributed by atoms with E-state index in [4.69, 9.17) is 11.6 Å². The average molecular weight is 333 g/mol. The van der Waals surface area contributed by atoms with E-state index in [0.717, 1.165) is 19.6 Å². The Labute approximate surface area is 135 Å². The minimum atomic E-state index is -0.300. The van der Waals surface area contributed by atoms with Gasteiger partial charge in [0.25, 0.3) is 0 Å². The lowest BCUT2D eigenvalue weighted by atomic mass is 10.1. The van der Waals surface area contributed by atoms with Gasteiger partial charge in [-0.25, -0.2) is 4.39 Å². The summed E-state index contributed by atoms with van der Waals surface area (Å²) in [4.78, 5) is 14.4. The van der Waals surface area contributed by atoms with Gasteiger partial charge in [-0.2, -0.15) is 0 Å². The van der Waals surface area contributed by atoms with Crippen LogP contribution in [0.4, 0.5) is 4.39 Å². The maximum atomic E-state index is 13.9. The third-order valence-corrected chi connectivity index (χ3v) is 4.59. The SMILES string of the molecule is C[C@H]1CNCCN1C(=O)C1CC1c1c(F)cccc1Cl.Cl. The van der Waals surface area contributed by atoms with Crippen molar-refractivity contribution in [2.75, 3.05) is 19.6 Å². The fourth-order valence-corrected chi connectivity index (χ4v) is 3.34. The van der Waals surface area contributed by atoms with E-state index in [1.807, 2.05) is 11.8 Å². The van der Waals surface area contributed by atoms with Gasteiger partial charge in [0.2, 0.25) is 5.91 Å². The van der Waals surface area contributed by atoms with Gasteiger partial charge in [0.1, 0.15) is 5.82 Å². The number of carbonyl (C=O) groups is 1. The first kappa shape index (κ1) is 16.5. The van der Waals surface area contributed by atoms with Crippen LogP contribution in [0.5, 0.6) is 0 Å². The van der Waals surface area contributed by atoms with Crippen molar-refractivity contribution in [3.63, 3.8) is 0 Å². The van der Waals surface area contributed by atoms with Gasteiger partial charge in [-0.05, 0) is 25.5 Å². The first-order valence-electron chi connectivity index (χ1n) is 7.04. The molecule has 2 fully saturated rings. The fraction of sp³-hybridized carbons (Fsp3) is 0.533. The Morgan fingerprint density at radius 3 is 2.90 bits per heavy atom. The molecule has 21 heavy (non-hydrogen) atoms. The summed E-state index contributed by atoms with van der Waals surface area (Å²) in [5, 5.41) is 3.69. The largest absolute Gasteiger partial charge is 0.337 e. The summed E-state index contributed by atoms with van der Waals surface area (Å²) >= 11 is 6.07. The monoisotopic (exact) mass is 332 g/mol. The molecule has 0 spiro atoms. The first-order valence-corrected chi connectivity index (χ1v) is 7.42. The van der Waals surface area contributed by atoms with Gasteiger partial charge in [-0.1, -0.05) is 17.7 Å². The number of rotatable bonds is 2. The molecule has 1 saturated heterocycles. The molecule has 0 bridgehead atoms. The number of carbonyl (C=O) groups excluding carboxylic acids is 1. The van der Waals surface area contributed by atoms with Gasteiger partial charge in [-0.3, -0.25) is 4.79 Å². The summed E-state index contributed by atoms with van der Waals surface area (Å²) in [6.45, 7) is 4.42. The summed E-state index contributed by atoms with van der Waals surface area (Å²) in [7, 11) is 0. The van der Waals surface area contributed by atoms with E-state index < -0.39 is 0 Å². The molecular weight excluding hydrogens is 314 g/mol. The van der Waals surface area contributed by atoms with Crippen LogP contribution in [0.2, 0.25) is 5.02 Å². The van der Waals surface area contributed by atoms with Crippen molar-refractivity contribution in [3.05, 3.63) is 34.6 Å². The molecule has 1 amide bonds. The Balaban J connectivity index is 0.00000161. The van der Waals surface area contributed by atoms with Crippen LogP contribution in [0.15, 0.2) is 18.2 Å². The molecule has 116 valence electrons. The van der Waals surface area contributed by atoms with Crippen molar-refractivity contribution in [1.29, 1.82) is 0 Å². The van der Waals surface area contributed by atoms with Gasteiger partial charge in [-0.15, -0.1) is 12.4 Å². The minimum Gasteiger partial charge on any atom is -0.337 e. The fourth-order valence-electron chi connectivity index (χ4n) is 3.03. The normalized spacial score (nSPS) is 28.0. The zero-order valence-corrected chi connectivity index (χ0v) is 13.4. The molecule has 1 aromatic carbocycles. The highest BCUT2D eigenvalue weighted by atomic mass is 35.5. The zero-order chi connectivity index (χ0) is 14.3. The number of hydrogen-bond donors (Lipinski definition) is 1. The van der Waals surface area contributed by atoms with Crippen LogP contribution in [0, 0.1) is 11.7 Å². The molecule has 3 nitrogen and oxygen atoms in total. The lowest BCUT2D eigenvalue weighted by Gasteiger charge is -2.34. The Morgan fingerprint density at radius 2 is 2.24 bits per heavy atom. The van der Waals surface area contributed by atoms with E-state index in [-0.39, 0.29) is 42.0 Å². The molecule has 1 aliphatic heterocycles. The van der Waals surface area contributed by atoms with Crippen LogP contribution in [-0.2, 0) is 4.79 Å². The molecule has 0 radical (unpaired) electrons. The molecule has 3 atom stereocenters. The molecule has 1 heterocycles. The van der Waals surface area contributed by atoms with Gasteiger partial charge in [0.05, 0.1) is 0 Å². The number of amides is 1. The molecule has 1 N–H and O–H groups in total. The van der Waals surface area contributed by atoms with Crippen LogP contribution in [-0.4, -0.2) is 36.5 Å². The number of nitrogens with zero attached hydrogens (tertiary/aromatic N) is 1. The molecule has 3 rings (SSSR count). The first-order chi connectivity index (χ1) is 9.59. The third kappa shape index (κ3) is 3.17. The van der Waals surface area contributed by atoms with E-state index in [2.05, 4.69) is 5.32 Å². The number of hydrogen-bond acceptors (Lipinski definition) is 2.